The fourth-order valence-electron chi connectivity index (χ4n) is 7.63. The maximum atomic E-state index is 14.0. The molecule has 1 heterocycles. The van der Waals surface area contributed by atoms with E-state index in [-0.39, 0.29) is 34.9 Å². The van der Waals surface area contributed by atoms with Gasteiger partial charge in [-0.1, -0.05) is 63.4 Å². The molecule has 3 aliphatic carbocycles. The van der Waals surface area contributed by atoms with Crippen molar-refractivity contribution in [2.45, 2.75) is 89.8 Å². The average Bonchev–Trinajstić information content (AvgIpc) is 3.23. The van der Waals surface area contributed by atoms with Crippen LogP contribution in [0.3, 0.4) is 0 Å². The first-order valence-corrected chi connectivity index (χ1v) is 12.3. The topological polar surface area (TPSA) is 61.4 Å². The third kappa shape index (κ3) is 2.81. The van der Waals surface area contributed by atoms with Crippen LogP contribution < -0.4 is 10.6 Å². The van der Waals surface area contributed by atoms with E-state index >= 15 is 0 Å². The Balaban J connectivity index is 1.43. The van der Waals surface area contributed by atoms with Crippen LogP contribution in [0.4, 0.5) is 4.79 Å². The number of likely N-dealkylation sites (tertiary alicyclic amines) is 1. The second-order valence-corrected chi connectivity index (χ2v) is 11.0. The molecule has 2 N–H and O–H groups in total. The molecule has 0 radical (unpaired) electrons. The summed E-state index contributed by atoms with van der Waals surface area (Å²) in [5, 5.41) is 6.62. The number of urea groups is 1. The Kier molecular flexibility index (Phi) is 4.87. The molecule has 0 spiro atoms. The molecular formula is C26H37N3O2. The van der Waals surface area contributed by atoms with Crippen molar-refractivity contribution in [1.29, 1.82) is 0 Å². The van der Waals surface area contributed by atoms with E-state index in [1.54, 1.807) is 0 Å². The van der Waals surface area contributed by atoms with Gasteiger partial charge >= 0.3 is 6.03 Å². The van der Waals surface area contributed by atoms with E-state index in [4.69, 9.17) is 0 Å². The summed E-state index contributed by atoms with van der Waals surface area (Å²) in [7, 11) is 0. The number of amides is 3. The average molecular weight is 424 g/mol. The number of hydrogen-bond donors (Lipinski definition) is 2. The van der Waals surface area contributed by atoms with E-state index in [1.165, 1.54) is 25.7 Å². The summed E-state index contributed by atoms with van der Waals surface area (Å²) in [4.78, 5) is 29.5. The summed E-state index contributed by atoms with van der Waals surface area (Å²) in [6.07, 6.45) is 8.74. The maximum absolute atomic E-state index is 14.0. The standard InChI is InChI=1S/C26H37N3O2/c1-18(19-10-6-4-7-11-19)27-22(30)26-16-20-14-15-25(26,3)24(20,2)17-29(26)23(31)28-21-12-8-5-9-13-21/h4,6-7,10-11,18,20-21H,5,8-9,12-17H2,1-3H3,(H,27,30)(H,28,31)/t18-,20-,24+,25+,26+/m1/s1. The van der Waals surface area contributed by atoms with E-state index in [9.17, 15) is 9.59 Å². The largest absolute Gasteiger partial charge is 0.348 e. The smallest absolute Gasteiger partial charge is 0.318 e. The van der Waals surface area contributed by atoms with Crippen LogP contribution in [0.2, 0.25) is 0 Å². The van der Waals surface area contributed by atoms with Crippen molar-refractivity contribution in [3.8, 4) is 0 Å². The minimum Gasteiger partial charge on any atom is -0.348 e. The van der Waals surface area contributed by atoms with Crippen LogP contribution in [-0.2, 0) is 4.79 Å². The van der Waals surface area contributed by atoms with Crippen LogP contribution in [0.15, 0.2) is 30.3 Å². The molecule has 0 unspecified atom stereocenters. The Hall–Kier alpha value is -2.04. The van der Waals surface area contributed by atoms with Crippen molar-refractivity contribution in [3.05, 3.63) is 35.9 Å². The summed E-state index contributed by atoms with van der Waals surface area (Å²) < 4.78 is 0. The number of rotatable bonds is 4. The van der Waals surface area contributed by atoms with Crippen LogP contribution in [0.1, 0.15) is 83.7 Å². The number of carbonyl (C=O) groups excluding carboxylic acids is 2. The molecule has 1 saturated heterocycles. The zero-order valence-electron chi connectivity index (χ0n) is 19.2. The Labute approximate surface area is 186 Å². The van der Waals surface area contributed by atoms with E-state index in [1.807, 2.05) is 30.0 Å². The van der Waals surface area contributed by atoms with Crippen molar-refractivity contribution >= 4 is 11.9 Å². The zero-order valence-corrected chi connectivity index (χ0v) is 19.2. The van der Waals surface area contributed by atoms with Gasteiger partial charge in [0.2, 0.25) is 5.91 Å². The Bertz CT molecular complexity index is 867. The number of benzene rings is 1. The highest BCUT2D eigenvalue weighted by atomic mass is 16.2. The molecule has 5 nitrogen and oxygen atoms in total. The van der Waals surface area contributed by atoms with E-state index in [2.05, 4.69) is 36.6 Å². The highest BCUT2D eigenvalue weighted by molar-refractivity contribution is 5.94. The van der Waals surface area contributed by atoms with Gasteiger partial charge in [0, 0.05) is 18.0 Å². The summed E-state index contributed by atoms with van der Waals surface area (Å²) in [6, 6.07) is 10.3. The maximum Gasteiger partial charge on any atom is 0.318 e. The summed E-state index contributed by atoms with van der Waals surface area (Å²) >= 11 is 0. The number of piperidine rings is 1. The van der Waals surface area contributed by atoms with Crippen LogP contribution in [0.5, 0.6) is 0 Å². The first-order valence-electron chi connectivity index (χ1n) is 12.3. The van der Waals surface area contributed by atoms with Crippen molar-refractivity contribution in [2.24, 2.45) is 16.7 Å². The molecule has 1 aromatic carbocycles. The second kappa shape index (κ2) is 7.25. The van der Waals surface area contributed by atoms with Crippen LogP contribution in [-0.4, -0.2) is 35.0 Å². The van der Waals surface area contributed by atoms with Gasteiger partial charge in [-0.3, -0.25) is 4.79 Å². The van der Waals surface area contributed by atoms with Gasteiger partial charge in [0.25, 0.3) is 0 Å². The van der Waals surface area contributed by atoms with Crippen molar-refractivity contribution in [2.75, 3.05) is 6.54 Å². The quantitative estimate of drug-likeness (QED) is 0.732. The molecule has 5 heteroatoms. The van der Waals surface area contributed by atoms with Gasteiger partial charge in [0.15, 0.2) is 0 Å². The Morgan fingerprint density at radius 3 is 2.45 bits per heavy atom. The highest BCUT2D eigenvalue weighted by Gasteiger charge is 2.80. The van der Waals surface area contributed by atoms with E-state index in [0.29, 0.717) is 12.5 Å². The lowest BCUT2D eigenvalue weighted by atomic mass is 9.65. The van der Waals surface area contributed by atoms with Crippen LogP contribution in [0, 0.1) is 16.7 Å². The first-order chi connectivity index (χ1) is 14.8. The minimum atomic E-state index is -0.744. The van der Waals surface area contributed by atoms with Crippen molar-refractivity contribution in [3.63, 3.8) is 0 Å². The molecule has 31 heavy (non-hydrogen) atoms. The predicted octanol–water partition coefficient (Wildman–Crippen LogP) is 4.79. The molecule has 5 rings (SSSR count). The third-order valence-electron chi connectivity index (χ3n) is 9.76. The lowest BCUT2D eigenvalue weighted by Crippen LogP contribution is -2.66. The highest BCUT2D eigenvalue weighted by Crippen LogP contribution is 2.75. The molecule has 4 aliphatic rings. The number of nitrogens with one attached hydrogen (secondary N) is 2. The number of hydrogen-bond acceptors (Lipinski definition) is 2. The van der Waals surface area contributed by atoms with Crippen molar-refractivity contribution in [1.82, 2.24) is 15.5 Å². The van der Waals surface area contributed by atoms with Gasteiger partial charge in [-0.25, -0.2) is 4.79 Å². The van der Waals surface area contributed by atoms with Crippen LogP contribution >= 0.6 is 0 Å². The molecule has 4 fully saturated rings. The summed E-state index contributed by atoms with van der Waals surface area (Å²) in [5.74, 6) is 0.560. The summed E-state index contributed by atoms with van der Waals surface area (Å²) in [6.45, 7) is 7.34. The normalized spacial score (nSPS) is 37.6. The Morgan fingerprint density at radius 1 is 1.06 bits per heavy atom. The van der Waals surface area contributed by atoms with Gasteiger partial charge in [-0.15, -0.1) is 0 Å². The second-order valence-electron chi connectivity index (χ2n) is 11.0. The summed E-state index contributed by atoms with van der Waals surface area (Å²) in [5.41, 5.74) is 0.200. The van der Waals surface area contributed by atoms with Gasteiger partial charge < -0.3 is 15.5 Å². The SMILES string of the molecule is C[C@@H](NC(=O)[C@@]12C[C@H]3CC[C@@]1(C)[C@@]3(C)CN2C(=O)NC1CCCCC1)c1ccccc1. The fraction of sp³-hybridized carbons (Fsp3) is 0.692. The van der Waals surface area contributed by atoms with Gasteiger partial charge in [-0.05, 0) is 55.9 Å². The lowest BCUT2D eigenvalue weighted by Gasteiger charge is -2.47. The number of nitrogens with zero attached hydrogens (tertiary/aromatic N) is 1. The molecule has 1 aliphatic heterocycles. The van der Waals surface area contributed by atoms with E-state index in [0.717, 1.165) is 31.2 Å². The molecule has 3 amide bonds. The molecule has 0 aromatic heterocycles. The lowest BCUT2D eigenvalue weighted by molar-refractivity contribution is -0.137. The molecular weight excluding hydrogens is 386 g/mol. The third-order valence-corrected chi connectivity index (χ3v) is 9.76. The Morgan fingerprint density at radius 2 is 1.77 bits per heavy atom. The minimum absolute atomic E-state index is 0.0181. The fourth-order valence-corrected chi connectivity index (χ4v) is 7.63. The zero-order chi connectivity index (χ0) is 21.9. The van der Waals surface area contributed by atoms with E-state index < -0.39 is 5.54 Å². The number of carbonyl (C=O) groups is 2. The molecule has 5 atom stereocenters. The molecule has 168 valence electrons. The van der Waals surface area contributed by atoms with Gasteiger partial charge in [0.05, 0.1) is 6.04 Å². The molecule has 3 saturated carbocycles. The molecule has 1 aromatic rings. The monoisotopic (exact) mass is 423 g/mol. The van der Waals surface area contributed by atoms with Crippen molar-refractivity contribution < 1.29 is 9.59 Å². The van der Waals surface area contributed by atoms with Gasteiger partial charge in [0.1, 0.15) is 5.54 Å². The molecule has 4 bridgehead atoms. The first kappa shape index (κ1) is 20.8. The van der Waals surface area contributed by atoms with Crippen LogP contribution in [0.25, 0.3) is 0 Å². The van der Waals surface area contributed by atoms with Gasteiger partial charge in [-0.2, -0.15) is 0 Å². The predicted molar refractivity (Wildman–Crippen MR) is 121 cm³/mol.